The average Bonchev–Trinajstić information content (AvgIpc) is 2.19. The van der Waals surface area contributed by atoms with Gasteiger partial charge in [-0.2, -0.15) is 11.8 Å². The zero-order chi connectivity index (χ0) is 10.4. The minimum Gasteiger partial charge on any atom is -0.342 e. The van der Waals surface area contributed by atoms with Crippen LogP contribution < -0.4 is 5.32 Å². The fourth-order valence-corrected chi connectivity index (χ4v) is 2.36. The highest BCUT2D eigenvalue weighted by atomic mass is 35.5. The zero-order valence-corrected chi connectivity index (χ0v) is 10.7. The van der Waals surface area contributed by atoms with Crippen molar-refractivity contribution in [2.75, 3.05) is 31.6 Å². The van der Waals surface area contributed by atoms with Gasteiger partial charge in [0.1, 0.15) is 0 Å². The molecule has 0 aromatic heterocycles. The lowest BCUT2D eigenvalue weighted by molar-refractivity contribution is -0.129. The molecule has 0 radical (unpaired) electrons. The summed E-state index contributed by atoms with van der Waals surface area (Å²) in [6.45, 7) is 5.28. The van der Waals surface area contributed by atoms with E-state index >= 15 is 0 Å². The Morgan fingerprint density at radius 1 is 1.73 bits per heavy atom. The first-order valence-corrected chi connectivity index (χ1v) is 6.05. The molecule has 0 aliphatic carbocycles. The Balaban J connectivity index is 0.00000196. The number of carbonyl (C=O) groups is 1. The Labute approximate surface area is 102 Å². The van der Waals surface area contributed by atoms with Gasteiger partial charge < -0.3 is 10.2 Å². The number of thioether (sulfide) groups is 1. The number of nitrogens with one attached hydrogen (secondary N) is 1. The van der Waals surface area contributed by atoms with Crippen molar-refractivity contribution < 1.29 is 4.79 Å². The second kappa shape index (κ2) is 8.02. The summed E-state index contributed by atoms with van der Waals surface area (Å²) < 4.78 is 0. The summed E-state index contributed by atoms with van der Waals surface area (Å²) >= 11 is 1.92. The standard InChI is InChI=1S/C10H18N2OS.ClH/c1-3-5-12(2)10(13)7-9-8-14-6-4-11-9;/h3,9,11H,1,4-8H2,2H3;1H. The molecule has 5 heteroatoms. The van der Waals surface area contributed by atoms with Crippen LogP contribution in [0.1, 0.15) is 6.42 Å². The highest BCUT2D eigenvalue weighted by molar-refractivity contribution is 7.99. The molecule has 0 saturated carbocycles. The molecule has 1 rings (SSSR count). The van der Waals surface area contributed by atoms with Gasteiger partial charge in [-0.05, 0) is 0 Å². The van der Waals surface area contributed by atoms with Crippen molar-refractivity contribution in [3.63, 3.8) is 0 Å². The van der Waals surface area contributed by atoms with Crippen LogP contribution in [-0.4, -0.2) is 48.5 Å². The van der Waals surface area contributed by atoms with Crippen LogP contribution in [0.5, 0.6) is 0 Å². The third-order valence-electron chi connectivity index (χ3n) is 2.25. The molecule has 0 bridgehead atoms. The highest BCUT2D eigenvalue weighted by Gasteiger charge is 2.18. The van der Waals surface area contributed by atoms with Gasteiger partial charge in [0, 0.05) is 44.1 Å². The minimum atomic E-state index is 0. The molecular formula is C10H19ClN2OS. The number of hydrogen-bond donors (Lipinski definition) is 1. The van der Waals surface area contributed by atoms with E-state index in [4.69, 9.17) is 0 Å². The van der Waals surface area contributed by atoms with Crippen molar-refractivity contribution in [3.8, 4) is 0 Å². The molecule has 0 aromatic rings. The van der Waals surface area contributed by atoms with Crippen LogP contribution >= 0.6 is 24.2 Å². The van der Waals surface area contributed by atoms with Gasteiger partial charge >= 0.3 is 0 Å². The van der Waals surface area contributed by atoms with E-state index in [9.17, 15) is 4.79 Å². The predicted molar refractivity (Wildman–Crippen MR) is 68.8 cm³/mol. The van der Waals surface area contributed by atoms with Crippen LogP contribution in [0, 0.1) is 0 Å². The van der Waals surface area contributed by atoms with Crippen molar-refractivity contribution in [1.82, 2.24) is 10.2 Å². The molecule has 0 aromatic carbocycles. The van der Waals surface area contributed by atoms with Crippen LogP contribution in [0.4, 0.5) is 0 Å². The molecule has 1 atom stereocenters. The Kier molecular flexibility index (Phi) is 7.92. The first-order valence-electron chi connectivity index (χ1n) is 4.90. The number of likely N-dealkylation sites (N-methyl/N-ethyl adjacent to an activating group) is 1. The van der Waals surface area contributed by atoms with Gasteiger partial charge in [0.25, 0.3) is 0 Å². The molecule has 1 heterocycles. The SMILES string of the molecule is C=CCN(C)C(=O)CC1CSCCN1.Cl. The van der Waals surface area contributed by atoms with Crippen molar-refractivity contribution in [2.24, 2.45) is 0 Å². The number of hydrogen-bond acceptors (Lipinski definition) is 3. The van der Waals surface area contributed by atoms with E-state index in [0.29, 0.717) is 19.0 Å². The molecular weight excluding hydrogens is 232 g/mol. The topological polar surface area (TPSA) is 32.3 Å². The fourth-order valence-electron chi connectivity index (χ4n) is 1.41. The molecule has 1 saturated heterocycles. The van der Waals surface area contributed by atoms with Crippen molar-refractivity contribution in [3.05, 3.63) is 12.7 Å². The second-order valence-corrected chi connectivity index (χ2v) is 4.64. The predicted octanol–water partition coefficient (Wildman–Crippen LogP) is 1.15. The molecule has 1 aliphatic rings. The Morgan fingerprint density at radius 2 is 2.47 bits per heavy atom. The summed E-state index contributed by atoms with van der Waals surface area (Å²) in [5, 5.41) is 3.35. The highest BCUT2D eigenvalue weighted by Crippen LogP contribution is 2.10. The summed E-state index contributed by atoms with van der Waals surface area (Å²) in [4.78, 5) is 13.3. The third kappa shape index (κ3) is 5.44. The lowest BCUT2D eigenvalue weighted by Crippen LogP contribution is -2.41. The van der Waals surface area contributed by atoms with Crippen molar-refractivity contribution in [2.45, 2.75) is 12.5 Å². The van der Waals surface area contributed by atoms with Gasteiger partial charge in [-0.15, -0.1) is 19.0 Å². The normalized spacial score (nSPS) is 20.2. The number of nitrogens with zero attached hydrogens (tertiary/aromatic N) is 1. The number of rotatable bonds is 4. The summed E-state index contributed by atoms with van der Waals surface area (Å²) in [5.74, 6) is 2.41. The van der Waals surface area contributed by atoms with E-state index in [2.05, 4.69) is 11.9 Å². The molecule has 1 aliphatic heterocycles. The molecule has 1 N–H and O–H groups in total. The number of halogens is 1. The molecule has 3 nitrogen and oxygen atoms in total. The van der Waals surface area contributed by atoms with Crippen LogP contribution in [0.3, 0.4) is 0 Å². The largest absolute Gasteiger partial charge is 0.342 e. The second-order valence-electron chi connectivity index (χ2n) is 3.49. The smallest absolute Gasteiger partial charge is 0.224 e. The summed E-state index contributed by atoms with van der Waals surface area (Å²) in [7, 11) is 1.82. The summed E-state index contributed by atoms with van der Waals surface area (Å²) in [6.07, 6.45) is 2.36. The third-order valence-corrected chi connectivity index (χ3v) is 3.38. The Bertz CT molecular complexity index is 208. The maximum Gasteiger partial charge on any atom is 0.224 e. The van der Waals surface area contributed by atoms with Crippen LogP contribution in [0.2, 0.25) is 0 Å². The molecule has 1 unspecified atom stereocenters. The number of carbonyl (C=O) groups excluding carboxylic acids is 1. The lowest BCUT2D eigenvalue weighted by atomic mass is 10.2. The van der Waals surface area contributed by atoms with Gasteiger partial charge in [-0.3, -0.25) is 4.79 Å². The van der Waals surface area contributed by atoms with Gasteiger partial charge in [-0.25, -0.2) is 0 Å². The fraction of sp³-hybridized carbons (Fsp3) is 0.700. The molecule has 88 valence electrons. The van der Waals surface area contributed by atoms with Crippen LogP contribution in [0.25, 0.3) is 0 Å². The Morgan fingerprint density at radius 3 is 3.00 bits per heavy atom. The van der Waals surface area contributed by atoms with E-state index in [1.54, 1.807) is 11.0 Å². The summed E-state index contributed by atoms with van der Waals surface area (Å²) in [6, 6.07) is 0.355. The van der Waals surface area contributed by atoms with Crippen molar-refractivity contribution >= 4 is 30.1 Å². The van der Waals surface area contributed by atoms with E-state index in [1.807, 2.05) is 18.8 Å². The first kappa shape index (κ1) is 14.8. The van der Waals surface area contributed by atoms with Gasteiger partial charge in [-0.1, -0.05) is 6.08 Å². The summed E-state index contributed by atoms with van der Waals surface area (Å²) in [5.41, 5.74) is 0. The molecule has 1 amide bonds. The number of amides is 1. The molecule has 1 fully saturated rings. The quantitative estimate of drug-likeness (QED) is 0.760. The van der Waals surface area contributed by atoms with Gasteiger partial charge in [0.05, 0.1) is 0 Å². The Hall–Kier alpha value is -0.190. The van der Waals surface area contributed by atoms with E-state index < -0.39 is 0 Å². The van der Waals surface area contributed by atoms with E-state index in [0.717, 1.165) is 18.1 Å². The lowest BCUT2D eigenvalue weighted by Gasteiger charge is -2.24. The maximum absolute atomic E-state index is 11.6. The molecule has 0 spiro atoms. The van der Waals surface area contributed by atoms with Gasteiger partial charge in [0.2, 0.25) is 5.91 Å². The van der Waals surface area contributed by atoms with E-state index in [-0.39, 0.29) is 18.3 Å². The van der Waals surface area contributed by atoms with Crippen LogP contribution in [-0.2, 0) is 4.79 Å². The maximum atomic E-state index is 11.6. The average molecular weight is 251 g/mol. The van der Waals surface area contributed by atoms with E-state index in [1.165, 1.54) is 0 Å². The minimum absolute atomic E-state index is 0. The van der Waals surface area contributed by atoms with Gasteiger partial charge in [0.15, 0.2) is 0 Å². The zero-order valence-electron chi connectivity index (χ0n) is 9.07. The first-order chi connectivity index (χ1) is 6.74. The van der Waals surface area contributed by atoms with Crippen molar-refractivity contribution in [1.29, 1.82) is 0 Å². The monoisotopic (exact) mass is 250 g/mol. The van der Waals surface area contributed by atoms with Crippen LogP contribution in [0.15, 0.2) is 12.7 Å². The molecule has 15 heavy (non-hydrogen) atoms.